The minimum absolute atomic E-state index is 0.433. The number of Topliss-reactive ketones (excluding diaryl/α,β-unsaturated/α-hetero) is 1. The predicted octanol–water partition coefficient (Wildman–Crippen LogP) is 10.3. The first-order valence-corrected chi connectivity index (χ1v) is 16.5. The molecule has 5 fully saturated rings. The molecule has 0 aliphatic heterocycles. The summed E-state index contributed by atoms with van der Waals surface area (Å²) in [4.78, 5) is 14.0. The largest absolute Gasteiger partial charge is 0.298 e. The van der Waals surface area contributed by atoms with Crippen molar-refractivity contribution < 1.29 is 4.79 Å². The summed E-state index contributed by atoms with van der Waals surface area (Å²) in [7, 11) is 0. The van der Waals surface area contributed by atoms with Gasteiger partial charge in [-0.1, -0.05) is 88.4 Å². The third kappa shape index (κ3) is 4.57. The number of hydrogen-bond donors (Lipinski definition) is 0. The molecule has 0 aromatic heterocycles. The molecule has 0 aromatic rings. The lowest BCUT2D eigenvalue weighted by Gasteiger charge is -2.67. The van der Waals surface area contributed by atoms with Gasteiger partial charge in [-0.3, -0.25) is 4.79 Å². The van der Waals surface area contributed by atoms with Gasteiger partial charge in [0.2, 0.25) is 0 Å². The van der Waals surface area contributed by atoms with Crippen LogP contribution in [-0.2, 0) is 4.79 Å². The van der Waals surface area contributed by atoms with Crippen molar-refractivity contribution in [2.75, 3.05) is 0 Å². The zero-order valence-electron chi connectivity index (χ0n) is 22.8. The Hall–Kier alpha value is 0.250. The maximum atomic E-state index is 14.0. The highest BCUT2D eigenvalue weighted by Crippen LogP contribution is 2.75. The van der Waals surface area contributed by atoms with Crippen LogP contribution in [0.3, 0.4) is 0 Å². The van der Waals surface area contributed by atoms with Crippen molar-refractivity contribution in [3.63, 3.8) is 0 Å². The number of carbonyl (C=O) groups is 1. The molecule has 5 aliphatic rings. The fraction of sp³-hybridized carbons (Fsp3) is 0.969. The summed E-state index contributed by atoms with van der Waals surface area (Å²) in [6, 6.07) is 0. The molecule has 3 heteroatoms. The van der Waals surface area contributed by atoms with Crippen molar-refractivity contribution in [1.82, 2.24) is 0 Å². The van der Waals surface area contributed by atoms with E-state index in [1.54, 1.807) is 0 Å². The topological polar surface area (TPSA) is 17.1 Å². The highest BCUT2D eigenvalue weighted by molar-refractivity contribution is 6.55. The summed E-state index contributed by atoms with van der Waals surface area (Å²) in [5.41, 5.74) is -0.867. The van der Waals surface area contributed by atoms with Crippen LogP contribution in [0.15, 0.2) is 0 Å². The molecule has 0 unspecified atom stereocenters. The van der Waals surface area contributed by atoms with E-state index in [0.29, 0.717) is 5.78 Å². The average molecular weight is 524 g/mol. The highest BCUT2D eigenvalue weighted by Gasteiger charge is 2.79. The molecule has 2 spiro atoms. The Kier molecular flexibility index (Phi) is 8.27. The van der Waals surface area contributed by atoms with E-state index in [2.05, 4.69) is 13.8 Å². The second-order valence-electron chi connectivity index (χ2n) is 13.9. The van der Waals surface area contributed by atoms with Gasteiger partial charge in [0.15, 0.2) is 5.78 Å². The minimum Gasteiger partial charge on any atom is -0.298 e. The fourth-order valence-corrected chi connectivity index (χ4v) is 11.2. The van der Waals surface area contributed by atoms with E-state index in [9.17, 15) is 4.79 Å². The molecule has 0 N–H and O–H groups in total. The van der Waals surface area contributed by atoms with Crippen molar-refractivity contribution in [3.8, 4) is 0 Å². The monoisotopic (exact) mass is 522 g/mol. The van der Waals surface area contributed by atoms with Crippen molar-refractivity contribution >= 4 is 29.0 Å². The Morgan fingerprint density at radius 3 is 1.17 bits per heavy atom. The second kappa shape index (κ2) is 10.8. The molecule has 5 saturated carbocycles. The van der Waals surface area contributed by atoms with Gasteiger partial charge in [-0.05, 0) is 113 Å². The lowest BCUT2D eigenvalue weighted by molar-refractivity contribution is -0.173. The van der Waals surface area contributed by atoms with Crippen LogP contribution in [0.4, 0.5) is 0 Å². The van der Waals surface area contributed by atoms with Gasteiger partial charge in [-0.2, -0.15) is 0 Å². The summed E-state index contributed by atoms with van der Waals surface area (Å²) >= 11 is 14.6. The summed E-state index contributed by atoms with van der Waals surface area (Å²) < 4.78 is -0.829. The maximum absolute atomic E-state index is 14.0. The Morgan fingerprint density at radius 2 is 0.886 bits per heavy atom. The number of alkyl halides is 2. The molecular weight excluding hydrogens is 471 g/mol. The van der Waals surface area contributed by atoms with E-state index in [4.69, 9.17) is 23.2 Å². The molecule has 0 bridgehead atoms. The number of halogens is 2. The highest BCUT2D eigenvalue weighted by atomic mass is 35.5. The Labute approximate surface area is 226 Å². The van der Waals surface area contributed by atoms with E-state index >= 15 is 0 Å². The summed E-state index contributed by atoms with van der Waals surface area (Å²) in [5.74, 6) is 5.79. The zero-order chi connectivity index (χ0) is 24.7. The molecule has 1 nitrogen and oxygen atoms in total. The van der Waals surface area contributed by atoms with E-state index in [0.717, 1.165) is 61.2 Å². The van der Waals surface area contributed by atoms with Gasteiger partial charge < -0.3 is 0 Å². The first kappa shape index (κ1) is 26.8. The number of rotatable bonds is 6. The molecule has 35 heavy (non-hydrogen) atoms. The van der Waals surface area contributed by atoms with Gasteiger partial charge in [0.05, 0.1) is 10.8 Å². The van der Waals surface area contributed by atoms with Gasteiger partial charge in [0, 0.05) is 0 Å². The van der Waals surface area contributed by atoms with Gasteiger partial charge in [0.1, 0.15) is 4.33 Å². The molecule has 200 valence electrons. The molecule has 0 atom stereocenters. The maximum Gasteiger partial charge on any atom is 0.151 e. The number of ketones is 1. The van der Waals surface area contributed by atoms with E-state index in [-0.39, 0.29) is 0 Å². The lowest BCUT2D eigenvalue weighted by Crippen LogP contribution is -2.74. The van der Waals surface area contributed by atoms with Gasteiger partial charge in [-0.25, -0.2) is 0 Å². The lowest BCUT2D eigenvalue weighted by atomic mass is 9.41. The zero-order valence-corrected chi connectivity index (χ0v) is 24.3. The standard InChI is InChI=1S/C32H52Cl2O/c1-3-5-23-7-11-25(12-8-23)27-15-19-30(20-16-27)29(35)31(32(30,33)34)21-17-28(18-22-31)26-13-9-24(6-4-2)10-14-26/h23-28H,3-22H2,1-2H3/t23?,24?,25?,26?,27-,28?,30+,31-. The quantitative estimate of drug-likeness (QED) is 0.317. The van der Waals surface area contributed by atoms with Crippen LogP contribution >= 0.6 is 23.2 Å². The first-order valence-electron chi connectivity index (χ1n) is 15.8. The number of carbonyl (C=O) groups excluding carboxylic acids is 1. The molecule has 0 saturated heterocycles. The van der Waals surface area contributed by atoms with E-state index in [1.165, 1.54) is 103 Å². The third-order valence-corrected chi connectivity index (χ3v) is 13.8. The molecule has 5 rings (SSSR count). The summed E-state index contributed by atoms with van der Waals surface area (Å²) in [6.45, 7) is 4.65. The minimum atomic E-state index is -0.829. The molecule has 0 heterocycles. The van der Waals surface area contributed by atoms with Crippen LogP contribution in [0, 0.1) is 46.3 Å². The molecule has 0 radical (unpaired) electrons. The van der Waals surface area contributed by atoms with Crippen LogP contribution in [0.2, 0.25) is 0 Å². The van der Waals surface area contributed by atoms with Crippen LogP contribution in [0.5, 0.6) is 0 Å². The van der Waals surface area contributed by atoms with Gasteiger partial charge in [0.25, 0.3) is 0 Å². The van der Waals surface area contributed by atoms with Crippen LogP contribution in [0.25, 0.3) is 0 Å². The summed E-state index contributed by atoms with van der Waals surface area (Å²) in [6.07, 6.45) is 25.4. The van der Waals surface area contributed by atoms with Crippen molar-refractivity contribution in [1.29, 1.82) is 0 Å². The molecule has 0 aromatic carbocycles. The predicted molar refractivity (Wildman–Crippen MR) is 149 cm³/mol. The van der Waals surface area contributed by atoms with Crippen LogP contribution in [-0.4, -0.2) is 10.1 Å². The Morgan fingerprint density at radius 1 is 0.571 bits per heavy atom. The van der Waals surface area contributed by atoms with Gasteiger partial charge >= 0.3 is 0 Å². The third-order valence-electron chi connectivity index (χ3n) is 12.3. The van der Waals surface area contributed by atoms with Crippen molar-refractivity contribution in [3.05, 3.63) is 0 Å². The molecule has 5 aliphatic carbocycles. The van der Waals surface area contributed by atoms with E-state index < -0.39 is 15.2 Å². The Bertz CT molecular complexity index is 654. The normalized spacial score (nSPS) is 46.0. The van der Waals surface area contributed by atoms with Crippen LogP contribution < -0.4 is 0 Å². The van der Waals surface area contributed by atoms with Crippen molar-refractivity contribution in [2.24, 2.45) is 46.3 Å². The molecule has 0 amide bonds. The second-order valence-corrected chi connectivity index (χ2v) is 15.2. The number of hydrogen-bond acceptors (Lipinski definition) is 1. The molecular formula is C32H52Cl2O. The fourth-order valence-electron chi connectivity index (χ4n) is 10.1. The average Bonchev–Trinajstić information content (AvgIpc) is 2.89. The SMILES string of the molecule is CCCC1CCC(C2CC[C@]3(CC2)C(=O)[C@@]2(CC[C@@H](C4CCC(CCC)CC4)CC2)C3(Cl)Cl)CC1. The smallest absolute Gasteiger partial charge is 0.151 e. The van der Waals surface area contributed by atoms with E-state index in [1.807, 2.05) is 0 Å². The van der Waals surface area contributed by atoms with Crippen molar-refractivity contribution in [2.45, 2.75) is 147 Å². The Balaban J connectivity index is 1.14. The summed E-state index contributed by atoms with van der Waals surface area (Å²) in [5, 5.41) is 0. The van der Waals surface area contributed by atoms with Gasteiger partial charge in [-0.15, -0.1) is 0 Å². The first-order chi connectivity index (χ1) is 16.9. The van der Waals surface area contributed by atoms with Crippen LogP contribution in [0.1, 0.15) is 142 Å².